The van der Waals surface area contributed by atoms with Gasteiger partial charge in [-0.3, -0.25) is 4.31 Å². The first-order valence-corrected chi connectivity index (χ1v) is 7.65. The van der Waals surface area contributed by atoms with Crippen LogP contribution < -0.4 is 9.04 Å². The van der Waals surface area contributed by atoms with E-state index < -0.39 is 10.0 Å². The van der Waals surface area contributed by atoms with E-state index in [4.69, 9.17) is 4.74 Å². The Bertz CT molecular complexity index is 473. The maximum absolute atomic E-state index is 11.4. The maximum atomic E-state index is 11.4. The Balaban J connectivity index is 3.17. The summed E-state index contributed by atoms with van der Waals surface area (Å²) < 4.78 is 30.3. The molecule has 0 aromatic heterocycles. The molecule has 0 atom stereocenters. The minimum absolute atomic E-state index is 0.558. The lowest BCUT2D eigenvalue weighted by molar-refractivity contribution is 0.340. The number of sulfonamides is 1. The van der Waals surface area contributed by atoms with Gasteiger partial charge in [-0.15, -0.1) is 0 Å². The highest BCUT2D eigenvalue weighted by molar-refractivity contribution is 14.1. The van der Waals surface area contributed by atoms with E-state index >= 15 is 0 Å². The highest BCUT2D eigenvalue weighted by atomic mass is 127. The van der Waals surface area contributed by atoms with E-state index in [9.17, 15) is 8.42 Å². The first kappa shape index (κ1) is 13.6. The molecular formula is C10H14INO3S. The summed E-state index contributed by atoms with van der Waals surface area (Å²) in [5.41, 5.74) is 0.633. The summed E-state index contributed by atoms with van der Waals surface area (Å²) in [5.74, 6) is 0.674. The lowest BCUT2D eigenvalue weighted by Crippen LogP contribution is -2.25. The van der Waals surface area contributed by atoms with Crippen molar-refractivity contribution < 1.29 is 13.2 Å². The largest absolute Gasteiger partial charge is 0.494 e. The fraction of sp³-hybridized carbons (Fsp3) is 0.400. The molecule has 0 aliphatic rings. The summed E-state index contributed by atoms with van der Waals surface area (Å²) in [4.78, 5) is 0. The van der Waals surface area contributed by atoms with E-state index in [0.717, 1.165) is 3.57 Å². The van der Waals surface area contributed by atoms with Crippen LogP contribution in [0.5, 0.6) is 5.75 Å². The summed E-state index contributed by atoms with van der Waals surface area (Å²) in [6, 6.07) is 5.39. The van der Waals surface area contributed by atoms with E-state index in [1.165, 1.54) is 17.6 Å². The van der Waals surface area contributed by atoms with Crippen LogP contribution in [0.15, 0.2) is 18.2 Å². The Labute approximate surface area is 110 Å². The molecule has 0 N–H and O–H groups in total. The average molecular weight is 355 g/mol. The van der Waals surface area contributed by atoms with Crippen LogP contribution in [0.25, 0.3) is 0 Å². The van der Waals surface area contributed by atoms with Crippen molar-refractivity contribution in [2.75, 3.05) is 24.2 Å². The lowest BCUT2D eigenvalue weighted by Gasteiger charge is -2.19. The van der Waals surface area contributed by atoms with Gasteiger partial charge >= 0.3 is 0 Å². The van der Waals surface area contributed by atoms with E-state index in [1.54, 1.807) is 6.07 Å². The van der Waals surface area contributed by atoms with Gasteiger partial charge in [-0.25, -0.2) is 8.42 Å². The predicted molar refractivity (Wildman–Crippen MR) is 73.6 cm³/mol. The van der Waals surface area contributed by atoms with Gasteiger partial charge in [0.15, 0.2) is 0 Å². The summed E-state index contributed by atoms with van der Waals surface area (Å²) in [7, 11) is -1.71. The molecule has 0 spiro atoms. The molecule has 0 heterocycles. The second-order valence-electron chi connectivity index (χ2n) is 3.28. The summed E-state index contributed by atoms with van der Waals surface area (Å²) in [6.07, 6.45) is 1.18. The number of hydrogen-bond donors (Lipinski definition) is 0. The Morgan fingerprint density at radius 1 is 1.44 bits per heavy atom. The molecular weight excluding hydrogens is 341 g/mol. The van der Waals surface area contributed by atoms with E-state index in [2.05, 4.69) is 22.6 Å². The molecule has 1 aromatic carbocycles. The second kappa shape index (κ2) is 5.22. The Morgan fingerprint density at radius 2 is 2.06 bits per heavy atom. The molecule has 1 aromatic rings. The van der Waals surface area contributed by atoms with Gasteiger partial charge in [0.05, 0.1) is 18.6 Å². The SMILES string of the molecule is CCOc1ccc(I)c(N(C)S(C)(=O)=O)c1. The van der Waals surface area contributed by atoms with E-state index in [0.29, 0.717) is 18.0 Å². The van der Waals surface area contributed by atoms with Crippen LogP contribution in [0.4, 0.5) is 5.69 Å². The molecule has 1 rings (SSSR count). The highest BCUT2D eigenvalue weighted by Crippen LogP contribution is 2.28. The van der Waals surface area contributed by atoms with Crippen LogP contribution in [0.1, 0.15) is 6.92 Å². The van der Waals surface area contributed by atoms with Gasteiger partial charge in [0, 0.05) is 16.7 Å². The van der Waals surface area contributed by atoms with Crippen molar-refractivity contribution in [2.24, 2.45) is 0 Å². The van der Waals surface area contributed by atoms with Crippen molar-refractivity contribution >= 4 is 38.3 Å². The molecule has 0 unspecified atom stereocenters. The molecule has 16 heavy (non-hydrogen) atoms. The van der Waals surface area contributed by atoms with Crippen molar-refractivity contribution in [2.45, 2.75) is 6.92 Å². The zero-order chi connectivity index (χ0) is 12.3. The van der Waals surface area contributed by atoms with Crippen molar-refractivity contribution in [1.29, 1.82) is 0 Å². The third-order valence-electron chi connectivity index (χ3n) is 2.07. The Hall–Kier alpha value is -0.500. The van der Waals surface area contributed by atoms with E-state index in [1.807, 2.05) is 19.1 Å². The third kappa shape index (κ3) is 3.24. The van der Waals surface area contributed by atoms with Gasteiger partial charge < -0.3 is 4.74 Å². The Kier molecular flexibility index (Phi) is 4.43. The number of halogens is 1. The van der Waals surface area contributed by atoms with Gasteiger partial charge in [-0.1, -0.05) is 0 Å². The maximum Gasteiger partial charge on any atom is 0.232 e. The minimum Gasteiger partial charge on any atom is -0.494 e. The van der Waals surface area contributed by atoms with Crippen LogP contribution in [-0.2, 0) is 10.0 Å². The molecule has 0 aliphatic carbocycles. The van der Waals surface area contributed by atoms with Crippen LogP contribution in [0.3, 0.4) is 0 Å². The molecule has 0 radical (unpaired) electrons. The van der Waals surface area contributed by atoms with Crippen LogP contribution in [0, 0.1) is 3.57 Å². The van der Waals surface area contributed by atoms with Crippen molar-refractivity contribution in [3.63, 3.8) is 0 Å². The molecule has 4 nitrogen and oxygen atoms in total. The summed E-state index contributed by atoms with van der Waals surface area (Å²) >= 11 is 2.10. The van der Waals surface area contributed by atoms with Gasteiger partial charge in [0.25, 0.3) is 0 Å². The zero-order valence-electron chi connectivity index (χ0n) is 9.40. The van der Waals surface area contributed by atoms with Crippen molar-refractivity contribution in [3.05, 3.63) is 21.8 Å². The number of ether oxygens (including phenoxy) is 1. The molecule has 0 saturated carbocycles. The number of hydrogen-bond acceptors (Lipinski definition) is 3. The van der Waals surface area contributed by atoms with Crippen LogP contribution in [-0.4, -0.2) is 28.3 Å². The zero-order valence-corrected chi connectivity index (χ0v) is 12.4. The smallest absolute Gasteiger partial charge is 0.232 e. The fourth-order valence-electron chi connectivity index (χ4n) is 1.17. The van der Waals surface area contributed by atoms with Gasteiger partial charge in [-0.05, 0) is 41.6 Å². The lowest BCUT2D eigenvalue weighted by atomic mass is 10.3. The Morgan fingerprint density at radius 3 is 2.56 bits per heavy atom. The molecule has 0 fully saturated rings. The molecule has 90 valence electrons. The van der Waals surface area contributed by atoms with Gasteiger partial charge in [-0.2, -0.15) is 0 Å². The average Bonchev–Trinajstić information content (AvgIpc) is 2.19. The monoisotopic (exact) mass is 355 g/mol. The molecule has 0 aliphatic heterocycles. The standard InChI is InChI=1S/C10H14INO3S/c1-4-15-8-5-6-9(11)10(7-8)12(2)16(3,13)14/h5-7H,4H2,1-3H3. The normalized spacial score (nSPS) is 11.2. The molecule has 0 amide bonds. The predicted octanol–water partition coefficient (Wildman–Crippen LogP) is 2.09. The van der Waals surface area contributed by atoms with E-state index in [-0.39, 0.29) is 0 Å². The highest BCUT2D eigenvalue weighted by Gasteiger charge is 2.15. The topological polar surface area (TPSA) is 46.6 Å². The number of benzene rings is 1. The van der Waals surface area contributed by atoms with Crippen LogP contribution >= 0.6 is 22.6 Å². The first-order valence-electron chi connectivity index (χ1n) is 4.72. The van der Waals surface area contributed by atoms with Gasteiger partial charge in [0.2, 0.25) is 10.0 Å². The fourth-order valence-corrected chi connectivity index (χ4v) is 2.54. The third-order valence-corrected chi connectivity index (χ3v) is 4.17. The van der Waals surface area contributed by atoms with Crippen LogP contribution in [0.2, 0.25) is 0 Å². The number of nitrogens with zero attached hydrogens (tertiary/aromatic N) is 1. The molecule has 0 bridgehead atoms. The second-order valence-corrected chi connectivity index (χ2v) is 6.45. The summed E-state index contributed by atoms with van der Waals surface area (Å²) in [6.45, 7) is 2.44. The number of anilines is 1. The molecule has 0 saturated heterocycles. The quantitative estimate of drug-likeness (QED) is 0.777. The van der Waals surface area contributed by atoms with Crippen molar-refractivity contribution in [3.8, 4) is 5.75 Å². The summed E-state index contributed by atoms with van der Waals surface area (Å²) in [5, 5.41) is 0. The minimum atomic E-state index is -3.24. The number of rotatable bonds is 4. The first-order chi connectivity index (χ1) is 7.36. The molecule has 6 heteroatoms. The van der Waals surface area contributed by atoms with Crippen molar-refractivity contribution in [1.82, 2.24) is 0 Å². The van der Waals surface area contributed by atoms with Gasteiger partial charge in [0.1, 0.15) is 5.75 Å².